The Balaban J connectivity index is 1.94. The van der Waals surface area contributed by atoms with Crippen LogP contribution in [0.4, 0.5) is 4.79 Å². The molecule has 0 aromatic carbocycles. The molecule has 20 heavy (non-hydrogen) atoms. The van der Waals surface area contributed by atoms with Gasteiger partial charge in [0, 0.05) is 38.0 Å². The van der Waals surface area contributed by atoms with Crippen molar-refractivity contribution in [2.45, 2.75) is 57.6 Å². The van der Waals surface area contributed by atoms with Gasteiger partial charge in [0.05, 0.1) is 0 Å². The minimum absolute atomic E-state index is 0.0339. The van der Waals surface area contributed by atoms with Crippen LogP contribution < -0.4 is 0 Å². The van der Waals surface area contributed by atoms with Gasteiger partial charge in [-0.3, -0.25) is 9.69 Å². The maximum atomic E-state index is 12.1. The Morgan fingerprint density at radius 2 is 1.80 bits per heavy atom. The maximum absolute atomic E-state index is 12.1. The van der Waals surface area contributed by atoms with Crippen LogP contribution in [0.15, 0.2) is 0 Å². The fourth-order valence-corrected chi connectivity index (χ4v) is 3.11. The number of carbonyl (C=O) groups is 2. The van der Waals surface area contributed by atoms with Gasteiger partial charge in [0.2, 0.25) is 0 Å². The van der Waals surface area contributed by atoms with Crippen LogP contribution in [0.25, 0.3) is 0 Å². The van der Waals surface area contributed by atoms with Gasteiger partial charge in [-0.25, -0.2) is 4.79 Å². The average Bonchev–Trinajstić information content (AvgIpc) is 2.33. The van der Waals surface area contributed by atoms with Crippen molar-refractivity contribution >= 4 is 11.9 Å². The molecule has 0 aliphatic carbocycles. The van der Waals surface area contributed by atoms with Gasteiger partial charge in [-0.2, -0.15) is 0 Å². The summed E-state index contributed by atoms with van der Waals surface area (Å²) in [5, 5.41) is 0. The Bertz CT molecular complexity index is 392. The van der Waals surface area contributed by atoms with Crippen LogP contribution in [0.2, 0.25) is 0 Å². The van der Waals surface area contributed by atoms with Crippen LogP contribution in [0, 0.1) is 0 Å². The minimum Gasteiger partial charge on any atom is -0.444 e. The fourth-order valence-electron chi connectivity index (χ4n) is 3.11. The Labute approximate surface area is 121 Å². The monoisotopic (exact) mass is 282 g/mol. The molecule has 114 valence electrons. The normalized spacial score (nSPS) is 24.0. The van der Waals surface area contributed by atoms with E-state index in [2.05, 4.69) is 11.9 Å². The highest BCUT2D eigenvalue weighted by atomic mass is 16.6. The summed E-state index contributed by atoms with van der Waals surface area (Å²) in [7, 11) is 2.09. The molecule has 2 saturated heterocycles. The molecular weight excluding hydrogens is 256 g/mol. The van der Waals surface area contributed by atoms with Crippen LogP contribution in [0.1, 0.15) is 46.5 Å². The Morgan fingerprint density at radius 3 is 2.35 bits per heavy atom. The van der Waals surface area contributed by atoms with E-state index in [1.165, 1.54) is 0 Å². The third-order valence-electron chi connectivity index (χ3n) is 4.41. The lowest BCUT2D eigenvalue weighted by molar-refractivity contribution is -0.127. The molecule has 2 heterocycles. The van der Waals surface area contributed by atoms with Crippen LogP contribution in [0.5, 0.6) is 0 Å². The second kappa shape index (κ2) is 5.35. The molecule has 0 N–H and O–H groups in total. The number of ether oxygens (including phenoxy) is 1. The van der Waals surface area contributed by atoms with Crippen molar-refractivity contribution in [3.8, 4) is 0 Å². The summed E-state index contributed by atoms with van der Waals surface area (Å²) in [6.45, 7) is 7.82. The number of amides is 1. The van der Waals surface area contributed by atoms with E-state index in [1.54, 1.807) is 4.90 Å². The molecule has 0 bridgehead atoms. The van der Waals surface area contributed by atoms with E-state index in [1.807, 2.05) is 20.8 Å². The van der Waals surface area contributed by atoms with Crippen LogP contribution >= 0.6 is 0 Å². The van der Waals surface area contributed by atoms with Gasteiger partial charge < -0.3 is 9.64 Å². The molecule has 5 nitrogen and oxygen atoms in total. The second-order valence-corrected chi connectivity index (χ2v) is 7.08. The molecule has 0 atom stereocenters. The van der Waals surface area contributed by atoms with Crippen molar-refractivity contribution in [1.82, 2.24) is 9.80 Å². The minimum atomic E-state index is -0.455. The first-order valence-electron chi connectivity index (χ1n) is 7.43. The first-order chi connectivity index (χ1) is 9.22. The molecule has 0 saturated carbocycles. The van der Waals surface area contributed by atoms with E-state index >= 15 is 0 Å². The van der Waals surface area contributed by atoms with E-state index in [9.17, 15) is 9.59 Å². The number of nitrogens with zero attached hydrogens (tertiary/aromatic N) is 2. The summed E-state index contributed by atoms with van der Waals surface area (Å²) in [5.74, 6) is 0.355. The number of piperidine rings is 2. The number of carbonyl (C=O) groups excluding carboxylic acids is 2. The molecule has 2 rings (SSSR count). The largest absolute Gasteiger partial charge is 0.444 e. The van der Waals surface area contributed by atoms with Crippen LogP contribution in [0.3, 0.4) is 0 Å². The molecular formula is C15H26N2O3. The summed E-state index contributed by atoms with van der Waals surface area (Å²) in [6.07, 6.45) is 2.76. The number of likely N-dealkylation sites (tertiary alicyclic amines) is 2. The van der Waals surface area contributed by atoms with Crippen molar-refractivity contribution in [3.63, 3.8) is 0 Å². The van der Waals surface area contributed by atoms with E-state index in [0.717, 1.165) is 19.4 Å². The maximum Gasteiger partial charge on any atom is 0.410 e. The van der Waals surface area contributed by atoms with Gasteiger partial charge in [0.15, 0.2) is 0 Å². The highest BCUT2D eigenvalue weighted by Crippen LogP contribution is 2.35. The van der Waals surface area contributed by atoms with E-state index in [0.29, 0.717) is 31.7 Å². The number of ketones is 1. The predicted molar refractivity (Wildman–Crippen MR) is 76.6 cm³/mol. The Morgan fingerprint density at radius 1 is 1.20 bits per heavy atom. The molecule has 1 spiro atoms. The van der Waals surface area contributed by atoms with Crippen molar-refractivity contribution in [1.29, 1.82) is 0 Å². The van der Waals surface area contributed by atoms with Gasteiger partial charge in [-0.05, 0) is 40.7 Å². The van der Waals surface area contributed by atoms with Crippen LogP contribution in [-0.4, -0.2) is 59.5 Å². The molecule has 5 heteroatoms. The summed E-state index contributed by atoms with van der Waals surface area (Å²) in [5.41, 5.74) is -0.488. The van der Waals surface area contributed by atoms with E-state index < -0.39 is 5.60 Å². The van der Waals surface area contributed by atoms with E-state index in [-0.39, 0.29) is 11.6 Å². The number of rotatable bonds is 0. The molecule has 2 aliphatic rings. The van der Waals surface area contributed by atoms with Gasteiger partial charge >= 0.3 is 6.09 Å². The van der Waals surface area contributed by atoms with Crippen LogP contribution in [-0.2, 0) is 9.53 Å². The quantitative estimate of drug-likeness (QED) is 0.682. The van der Waals surface area contributed by atoms with Crippen molar-refractivity contribution in [2.75, 3.05) is 26.7 Å². The van der Waals surface area contributed by atoms with Crippen molar-refractivity contribution < 1.29 is 14.3 Å². The highest BCUT2D eigenvalue weighted by molar-refractivity contribution is 5.80. The first kappa shape index (κ1) is 15.3. The van der Waals surface area contributed by atoms with Gasteiger partial charge in [-0.1, -0.05) is 0 Å². The summed E-state index contributed by atoms with van der Waals surface area (Å²) >= 11 is 0. The van der Waals surface area contributed by atoms with Gasteiger partial charge in [0.1, 0.15) is 11.4 Å². The Kier molecular flexibility index (Phi) is 4.09. The van der Waals surface area contributed by atoms with Crippen molar-refractivity contribution in [3.05, 3.63) is 0 Å². The first-order valence-corrected chi connectivity index (χ1v) is 7.43. The molecule has 2 fully saturated rings. The SMILES string of the molecule is CN1CCC(=O)CC12CCN(C(=O)OC(C)(C)C)CC2. The molecule has 0 unspecified atom stereocenters. The zero-order chi connectivity index (χ0) is 15.0. The van der Waals surface area contributed by atoms with Gasteiger partial charge in [0.25, 0.3) is 0 Å². The van der Waals surface area contributed by atoms with E-state index in [4.69, 9.17) is 4.74 Å². The lowest BCUT2D eigenvalue weighted by atomic mass is 9.78. The number of Topliss-reactive ketones (excluding diaryl/α,β-unsaturated/α-hetero) is 1. The summed E-state index contributed by atoms with van der Waals surface area (Å²) in [4.78, 5) is 27.9. The van der Waals surface area contributed by atoms with Gasteiger partial charge in [-0.15, -0.1) is 0 Å². The topological polar surface area (TPSA) is 49.9 Å². The number of hydrogen-bond donors (Lipinski definition) is 0. The lowest BCUT2D eigenvalue weighted by Gasteiger charge is -2.49. The molecule has 2 aliphatic heterocycles. The fraction of sp³-hybridized carbons (Fsp3) is 0.867. The molecule has 0 aromatic heterocycles. The zero-order valence-electron chi connectivity index (χ0n) is 13.1. The average molecular weight is 282 g/mol. The van der Waals surface area contributed by atoms with Crippen molar-refractivity contribution in [2.24, 2.45) is 0 Å². The predicted octanol–water partition coefficient (Wildman–Crippen LogP) is 2.05. The smallest absolute Gasteiger partial charge is 0.410 e. The zero-order valence-corrected chi connectivity index (χ0v) is 13.1. The second-order valence-electron chi connectivity index (χ2n) is 7.08. The summed E-state index contributed by atoms with van der Waals surface area (Å²) < 4.78 is 5.41. The third-order valence-corrected chi connectivity index (χ3v) is 4.41. The molecule has 0 aromatic rings. The molecule has 0 radical (unpaired) electrons. The third kappa shape index (κ3) is 3.32. The summed E-state index contributed by atoms with van der Waals surface area (Å²) in [6, 6.07) is 0. The lowest BCUT2D eigenvalue weighted by Crippen LogP contribution is -2.58. The molecule has 1 amide bonds. The highest BCUT2D eigenvalue weighted by Gasteiger charge is 2.43. The standard InChI is InChI=1S/C15H26N2O3/c1-14(2,3)20-13(19)17-9-6-15(7-10-17)11-12(18)5-8-16(15)4/h5-11H2,1-4H3. The Hall–Kier alpha value is -1.10. The number of hydrogen-bond acceptors (Lipinski definition) is 4.